The molecular formula is C16H17ClN2O3S2. The van der Waals surface area contributed by atoms with Gasteiger partial charge in [0.2, 0.25) is 10.0 Å². The van der Waals surface area contributed by atoms with E-state index in [1.54, 1.807) is 18.2 Å². The fraction of sp³-hybridized carbons (Fsp3) is 0.312. The predicted molar refractivity (Wildman–Crippen MR) is 95.0 cm³/mol. The lowest BCUT2D eigenvalue weighted by molar-refractivity contribution is 0.0928. The summed E-state index contributed by atoms with van der Waals surface area (Å²) in [7, 11) is -3.51. The summed E-state index contributed by atoms with van der Waals surface area (Å²) in [6, 6.07) is 9.78. The van der Waals surface area contributed by atoms with Gasteiger partial charge in [-0.3, -0.25) is 4.79 Å². The Hall–Kier alpha value is -1.41. The molecule has 1 N–H and O–H groups in total. The lowest BCUT2D eigenvalue weighted by Crippen LogP contribution is -2.46. The molecule has 0 bridgehead atoms. The highest BCUT2D eigenvalue weighted by Crippen LogP contribution is 2.22. The van der Waals surface area contributed by atoms with Gasteiger partial charge < -0.3 is 5.32 Å². The van der Waals surface area contributed by atoms with Crippen molar-refractivity contribution in [3.05, 3.63) is 51.7 Å². The smallest absolute Gasteiger partial charge is 0.261 e. The van der Waals surface area contributed by atoms with E-state index in [2.05, 4.69) is 5.32 Å². The van der Waals surface area contributed by atoms with Crippen molar-refractivity contribution in [3.8, 4) is 0 Å². The van der Waals surface area contributed by atoms with E-state index >= 15 is 0 Å². The lowest BCUT2D eigenvalue weighted by Gasteiger charge is -2.31. The Labute approximate surface area is 150 Å². The summed E-state index contributed by atoms with van der Waals surface area (Å²) in [4.78, 5) is 13.0. The van der Waals surface area contributed by atoms with Gasteiger partial charge in [0.1, 0.15) is 0 Å². The highest BCUT2D eigenvalue weighted by Gasteiger charge is 2.30. The van der Waals surface area contributed by atoms with Crippen LogP contribution in [0.15, 0.2) is 46.7 Å². The summed E-state index contributed by atoms with van der Waals surface area (Å²) in [5.41, 5.74) is 0. The molecule has 1 aromatic carbocycles. The van der Waals surface area contributed by atoms with Crippen molar-refractivity contribution in [2.45, 2.75) is 23.8 Å². The van der Waals surface area contributed by atoms with E-state index < -0.39 is 10.0 Å². The first kappa shape index (κ1) is 17.4. The summed E-state index contributed by atoms with van der Waals surface area (Å²) >= 11 is 7.20. The number of amides is 1. The van der Waals surface area contributed by atoms with Crippen LogP contribution in [-0.4, -0.2) is 37.8 Å². The molecule has 1 saturated heterocycles. The van der Waals surface area contributed by atoms with Crippen LogP contribution in [0, 0.1) is 0 Å². The van der Waals surface area contributed by atoms with Crippen LogP contribution in [-0.2, 0) is 10.0 Å². The first-order valence-electron chi connectivity index (χ1n) is 7.57. The highest BCUT2D eigenvalue weighted by molar-refractivity contribution is 7.89. The summed E-state index contributed by atoms with van der Waals surface area (Å²) < 4.78 is 26.7. The molecule has 5 nitrogen and oxygen atoms in total. The number of hydrogen-bond donors (Lipinski definition) is 1. The van der Waals surface area contributed by atoms with Crippen LogP contribution in [0.2, 0.25) is 5.02 Å². The van der Waals surface area contributed by atoms with Gasteiger partial charge in [-0.1, -0.05) is 17.7 Å². The Kier molecular flexibility index (Phi) is 5.24. The average molecular weight is 385 g/mol. The van der Waals surface area contributed by atoms with Crippen LogP contribution in [0.3, 0.4) is 0 Å². The maximum atomic E-state index is 12.6. The summed E-state index contributed by atoms with van der Waals surface area (Å²) in [5, 5.41) is 5.33. The van der Waals surface area contributed by atoms with Crippen LogP contribution in [0.4, 0.5) is 0 Å². The molecule has 1 aliphatic heterocycles. The van der Waals surface area contributed by atoms with E-state index in [0.717, 1.165) is 0 Å². The minimum atomic E-state index is -3.51. The number of carbonyl (C=O) groups is 1. The van der Waals surface area contributed by atoms with Gasteiger partial charge in [0.25, 0.3) is 5.91 Å². The molecule has 0 aliphatic carbocycles. The van der Waals surface area contributed by atoms with E-state index in [4.69, 9.17) is 11.6 Å². The fourth-order valence-electron chi connectivity index (χ4n) is 2.66. The second-order valence-corrected chi connectivity index (χ2v) is 8.91. The van der Waals surface area contributed by atoms with Gasteiger partial charge in [-0.2, -0.15) is 4.31 Å². The van der Waals surface area contributed by atoms with E-state index in [9.17, 15) is 13.2 Å². The van der Waals surface area contributed by atoms with Crippen molar-refractivity contribution in [1.82, 2.24) is 9.62 Å². The normalized spacial score (nSPS) is 16.9. The van der Waals surface area contributed by atoms with Gasteiger partial charge in [-0.05, 0) is 48.6 Å². The quantitative estimate of drug-likeness (QED) is 0.881. The topological polar surface area (TPSA) is 66.5 Å². The summed E-state index contributed by atoms with van der Waals surface area (Å²) in [6.45, 7) is 0.778. The molecule has 2 heterocycles. The predicted octanol–water partition coefficient (Wildman–Crippen LogP) is 2.98. The molecule has 0 spiro atoms. The Balaban J connectivity index is 1.60. The zero-order valence-corrected chi connectivity index (χ0v) is 15.2. The van der Waals surface area contributed by atoms with Crippen molar-refractivity contribution in [3.63, 3.8) is 0 Å². The molecule has 3 rings (SSSR count). The van der Waals surface area contributed by atoms with Gasteiger partial charge in [-0.25, -0.2) is 8.42 Å². The SMILES string of the molecule is O=C(NC1CCN(S(=O)(=O)c2ccc(Cl)cc2)CC1)c1cccs1. The van der Waals surface area contributed by atoms with Crippen molar-refractivity contribution in [1.29, 1.82) is 0 Å². The van der Waals surface area contributed by atoms with Crippen LogP contribution in [0.25, 0.3) is 0 Å². The van der Waals surface area contributed by atoms with Gasteiger partial charge in [0.05, 0.1) is 9.77 Å². The number of piperidine rings is 1. The molecule has 1 aliphatic rings. The number of hydrogen-bond acceptors (Lipinski definition) is 4. The van der Waals surface area contributed by atoms with Gasteiger partial charge in [-0.15, -0.1) is 11.3 Å². The number of nitrogens with zero attached hydrogens (tertiary/aromatic N) is 1. The molecule has 0 unspecified atom stereocenters. The van der Waals surface area contributed by atoms with E-state index in [-0.39, 0.29) is 16.8 Å². The molecule has 0 radical (unpaired) electrons. The Bertz CT molecular complexity index is 796. The first-order chi connectivity index (χ1) is 11.5. The molecule has 2 aromatic rings. The number of sulfonamides is 1. The van der Waals surface area contributed by atoms with Crippen LogP contribution in [0.1, 0.15) is 22.5 Å². The molecule has 0 saturated carbocycles. The Morgan fingerprint density at radius 2 is 1.83 bits per heavy atom. The molecule has 1 aromatic heterocycles. The Morgan fingerprint density at radius 1 is 1.17 bits per heavy atom. The maximum absolute atomic E-state index is 12.6. The largest absolute Gasteiger partial charge is 0.349 e. The molecule has 0 atom stereocenters. The van der Waals surface area contributed by atoms with E-state index in [1.165, 1.54) is 27.8 Å². The van der Waals surface area contributed by atoms with Crippen LogP contribution < -0.4 is 5.32 Å². The third-order valence-electron chi connectivity index (χ3n) is 3.99. The highest BCUT2D eigenvalue weighted by atomic mass is 35.5. The number of benzene rings is 1. The van der Waals surface area contributed by atoms with Gasteiger partial charge >= 0.3 is 0 Å². The standard InChI is InChI=1S/C16H17ClN2O3S2/c17-12-3-5-14(6-4-12)24(21,22)19-9-7-13(8-10-19)18-16(20)15-2-1-11-23-15/h1-6,11,13H,7-10H2,(H,18,20). The molecule has 1 amide bonds. The minimum absolute atomic E-state index is 0.00346. The molecule has 128 valence electrons. The minimum Gasteiger partial charge on any atom is -0.349 e. The number of halogens is 1. The van der Waals surface area contributed by atoms with Crippen molar-refractivity contribution in [2.24, 2.45) is 0 Å². The lowest BCUT2D eigenvalue weighted by atomic mass is 10.1. The van der Waals surface area contributed by atoms with Crippen molar-refractivity contribution < 1.29 is 13.2 Å². The van der Waals surface area contributed by atoms with Crippen LogP contribution in [0.5, 0.6) is 0 Å². The van der Waals surface area contributed by atoms with E-state index in [1.807, 2.05) is 11.4 Å². The third kappa shape index (κ3) is 3.80. The second kappa shape index (κ2) is 7.23. The summed E-state index contributed by atoms with van der Waals surface area (Å²) in [6.07, 6.45) is 1.20. The number of thiophene rings is 1. The summed E-state index contributed by atoms with van der Waals surface area (Å²) in [5.74, 6) is -0.0935. The van der Waals surface area contributed by atoms with Crippen molar-refractivity contribution in [2.75, 3.05) is 13.1 Å². The molecule has 8 heteroatoms. The van der Waals surface area contributed by atoms with Gasteiger partial charge in [0, 0.05) is 24.2 Å². The van der Waals surface area contributed by atoms with Crippen molar-refractivity contribution >= 4 is 38.9 Å². The first-order valence-corrected chi connectivity index (χ1v) is 10.3. The zero-order valence-electron chi connectivity index (χ0n) is 12.8. The number of rotatable bonds is 4. The second-order valence-electron chi connectivity index (χ2n) is 5.58. The average Bonchev–Trinajstić information content (AvgIpc) is 3.10. The molecular weight excluding hydrogens is 368 g/mol. The number of carbonyl (C=O) groups excluding carboxylic acids is 1. The maximum Gasteiger partial charge on any atom is 0.261 e. The van der Waals surface area contributed by atoms with Gasteiger partial charge in [0.15, 0.2) is 0 Å². The zero-order chi connectivity index (χ0) is 17.2. The fourth-order valence-corrected chi connectivity index (χ4v) is 4.88. The Morgan fingerprint density at radius 3 is 2.42 bits per heavy atom. The third-order valence-corrected chi connectivity index (χ3v) is 7.02. The monoisotopic (exact) mass is 384 g/mol. The number of nitrogens with one attached hydrogen (secondary N) is 1. The molecule has 1 fully saturated rings. The van der Waals surface area contributed by atoms with Crippen LogP contribution >= 0.6 is 22.9 Å². The molecule has 24 heavy (non-hydrogen) atoms. The van der Waals surface area contributed by atoms with E-state index in [0.29, 0.717) is 35.8 Å².